The van der Waals surface area contributed by atoms with E-state index in [-0.39, 0.29) is 17.4 Å². The van der Waals surface area contributed by atoms with Crippen molar-refractivity contribution in [1.82, 2.24) is 0 Å². The molecule has 0 atom stereocenters. The van der Waals surface area contributed by atoms with Gasteiger partial charge in [0.2, 0.25) is 5.91 Å². The summed E-state index contributed by atoms with van der Waals surface area (Å²) in [5, 5.41) is 21.3. The molecule has 0 saturated carbocycles. The third-order valence-electron chi connectivity index (χ3n) is 3.29. The Balaban J connectivity index is 1.56. The van der Waals surface area contributed by atoms with Crippen molar-refractivity contribution >= 4 is 11.6 Å². The van der Waals surface area contributed by atoms with Crippen LogP contribution in [0.25, 0.3) is 0 Å². The predicted molar refractivity (Wildman–Crippen MR) is 88.8 cm³/mol. The normalized spacial score (nSPS) is 10.3. The highest BCUT2D eigenvalue weighted by atomic mass is 16.5. The van der Waals surface area contributed by atoms with E-state index >= 15 is 0 Å². The average Bonchev–Trinajstić information content (AvgIpc) is 2.53. The summed E-state index contributed by atoms with van der Waals surface area (Å²) in [5.74, 6) is 0.975. The van der Waals surface area contributed by atoms with Gasteiger partial charge < -0.3 is 20.3 Å². The first kappa shape index (κ1) is 16.7. The molecule has 3 N–H and O–H groups in total. The van der Waals surface area contributed by atoms with E-state index in [4.69, 9.17) is 4.74 Å². The van der Waals surface area contributed by atoms with Crippen LogP contribution in [-0.4, -0.2) is 22.7 Å². The lowest BCUT2D eigenvalue weighted by molar-refractivity contribution is -0.116. The van der Waals surface area contributed by atoms with Crippen molar-refractivity contribution in [1.29, 1.82) is 0 Å². The monoisotopic (exact) mass is 315 g/mol. The summed E-state index contributed by atoms with van der Waals surface area (Å²) in [6.07, 6.45) is 2.98. The topological polar surface area (TPSA) is 78.8 Å². The van der Waals surface area contributed by atoms with Crippen molar-refractivity contribution in [2.24, 2.45) is 0 Å². The summed E-state index contributed by atoms with van der Waals surface area (Å²) < 4.78 is 5.52. The molecule has 122 valence electrons. The zero-order valence-corrected chi connectivity index (χ0v) is 12.9. The molecule has 5 nitrogen and oxygen atoms in total. The molecule has 0 fully saturated rings. The highest BCUT2D eigenvalue weighted by Gasteiger charge is 2.02. The minimum absolute atomic E-state index is 0.0374. The van der Waals surface area contributed by atoms with Crippen LogP contribution in [0, 0.1) is 0 Å². The lowest BCUT2D eigenvalue weighted by Crippen LogP contribution is -2.11. The number of rotatable bonds is 8. The van der Waals surface area contributed by atoms with E-state index in [2.05, 4.69) is 5.32 Å². The van der Waals surface area contributed by atoms with Gasteiger partial charge in [-0.2, -0.15) is 0 Å². The van der Waals surface area contributed by atoms with Crippen LogP contribution in [0.4, 0.5) is 5.69 Å². The van der Waals surface area contributed by atoms with Gasteiger partial charge in [0.05, 0.1) is 6.61 Å². The van der Waals surface area contributed by atoms with Crippen molar-refractivity contribution in [2.45, 2.75) is 25.7 Å². The van der Waals surface area contributed by atoms with E-state index < -0.39 is 0 Å². The van der Waals surface area contributed by atoms with Crippen molar-refractivity contribution in [2.75, 3.05) is 11.9 Å². The second-order valence-electron chi connectivity index (χ2n) is 5.25. The second kappa shape index (κ2) is 8.68. The Morgan fingerprint density at radius 2 is 1.74 bits per heavy atom. The molecule has 0 aliphatic heterocycles. The van der Waals surface area contributed by atoms with Gasteiger partial charge in [0.15, 0.2) is 0 Å². The van der Waals surface area contributed by atoms with Crippen molar-refractivity contribution in [3.63, 3.8) is 0 Å². The molecule has 1 amide bonds. The molecule has 0 bridgehead atoms. The quantitative estimate of drug-likeness (QED) is 0.513. The molecular formula is C18H21NO4. The van der Waals surface area contributed by atoms with Crippen molar-refractivity contribution in [3.05, 3.63) is 48.5 Å². The number of amides is 1. The second-order valence-corrected chi connectivity index (χ2v) is 5.25. The van der Waals surface area contributed by atoms with E-state index in [1.165, 1.54) is 12.1 Å². The zero-order valence-electron chi connectivity index (χ0n) is 12.9. The third-order valence-corrected chi connectivity index (χ3v) is 3.29. The van der Waals surface area contributed by atoms with Gasteiger partial charge in [-0.1, -0.05) is 6.07 Å². The molecule has 0 radical (unpaired) electrons. The number of aromatic hydroxyl groups is 2. The van der Waals surface area contributed by atoms with Crippen molar-refractivity contribution < 1.29 is 19.7 Å². The summed E-state index contributed by atoms with van der Waals surface area (Å²) >= 11 is 0. The first-order chi connectivity index (χ1) is 11.1. The van der Waals surface area contributed by atoms with E-state index in [9.17, 15) is 15.0 Å². The number of carbonyl (C=O) groups is 1. The fourth-order valence-corrected chi connectivity index (χ4v) is 2.10. The first-order valence-electron chi connectivity index (χ1n) is 7.64. The first-order valence-corrected chi connectivity index (χ1v) is 7.64. The number of phenols is 2. The maximum Gasteiger partial charge on any atom is 0.224 e. The fraction of sp³-hybridized carbons (Fsp3) is 0.278. The SMILES string of the molecule is O=C(CCCCCOc1cccc(O)c1)Nc1ccc(O)cc1. The maximum atomic E-state index is 11.8. The van der Waals surface area contributed by atoms with E-state index in [0.717, 1.165) is 19.3 Å². The number of phenolic OH excluding ortho intramolecular Hbond substituents is 2. The number of ether oxygens (including phenoxy) is 1. The summed E-state index contributed by atoms with van der Waals surface area (Å²) in [5.41, 5.74) is 0.681. The Hall–Kier alpha value is -2.69. The molecule has 0 aliphatic rings. The van der Waals surface area contributed by atoms with Crippen LogP contribution in [0.5, 0.6) is 17.2 Å². The molecule has 5 heteroatoms. The molecule has 0 saturated heterocycles. The molecule has 0 heterocycles. The Morgan fingerprint density at radius 1 is 0.957 bits per heavy atom. The number of nitrogens with one attached hydrogen (secondary N) is 1. The molecular weight excluding hydrogens is 294 g/mol. The Kier molecular flexibility index (Phi) is 6.29. The standard InChI is InChI=1S/C18H21NO4/c20-15-10-8-14(9-11-15)19-18(22)7-2-1-3-12-23-17-6-4-5-16(21)13-17/h4-6,8-11,13,20-21H,1-3,7,12H2,(H,19,22). The van der Waals surface area contributed by atoms with Crippen LogP contribution in [0.15, 0.2) is 48.5 Å². The van der Waals surface area contributed by atoms with Gasteiger partial charge >= 0.3 is 0 Å². The molecule has 0 aromatic heterocycles. The van der Waals surface area contributed by atoms with Crippen LogP contribution in [0.1, 0.15) is 25.7 Å². The van der Waals surface area contributed by atoms with Gasteiger partial charge in [-0.05, 0) is 55.7 Å². The fourth-order valence-electron chi connectivity index (χ4n) is 2.10. The lowest BCUT2D eigenvalue weighted by atomic mass is 10.2. The molecule has 2 aromatic rings. The highest BCUT2D eigenvalue weighted by Crippen LogP contribution is 2.18. The van der Waals surface area contributed by atoms with E-state index in [0.29, 0.717) is 24.5 Å². The maximum absolute atomic E-state index is 11.8. The molecule has 0 spiro atoms. The molecule has 0 unspecified atom stereocenters. The van der Waals surface area contributed by atoms with Crippen LogP contribution >= 0.6 is 0 Å². The Morgan fingerprint density at radius 3 is 2.48 bits per heavy atom. The van der Waals surface area contributed by atoms with Crippen LogP contribution < -0.4 is 10.1 Å². The molecule has 23 heavy (non-hydrogen) atoms. The number of hydrogen-bond acceptors (Lipinski definition) is 4. The number of carbonyl (C=O) groups excluding carboxylic acids is 1. The van der Waals surface area contributed by atoms with Gasteiger partial charge in [0, 0.05) is 18.2 Å². The third kappa shape index (κ3) is 6.30. The number of unbranched alkanes of at least 4 members (excludes halogenated alkanes) is 2. The minimum Gasteiger partial charge on any atom is -0.508 e. The number of hydrogen-bond donors (Lipinski definition) is 3. The summed E-state index contributed by atoms with van der Waals surface area (Å²) in [4.78, 5) is 11.8. The van der Waals surface area contributed by atoms with E-state index in [1.807, 2.05) is 0 Å². The molecule has 2 rings (SSSR count). The van der Waals surface area contributed by atoms with Crippen LogP contribution in [-0.2, 0) is 4.79 Å². The van der Waals surface area contributed by atoms with E-state index in [1.54, 1.807) is 36.4 Å². The number of anilines is 1. The average molecular weight is 315 g/mol. The summed E-state index contributed by atoms with van der Waals surface area (Å²) in [6, 6.07) is 13.1. The molecule has 0 aliphatic carbocycles. The van der Waals surface area contributed by atoms with Gasteiger partial charge in [-0.15, -0.1) is 0 Å². The van der Waals surface area contributed by atoms with Crippen molar-refractivity contribution in [3.8, 4) is 17.2 Å². The largest absolute Gasteiger partial charge is 0.508 e. The van der Waals surface area contributed by atoms with Gasteiger partial charge in [0.1, 0.15) is 17.2 Å². The zero-order chi connectivity index (χ0) is 16.5. The smallest absolute Gasteiger partial charge is 0.224 e. The number of benzene rings is 2. The lowest BCUT2D eigenvalue weighted by Gasteiger charge is -2.07. The van der Waals surface area contributed by atoms with Crippen LogP contribution in [0.2, 0.25) is 0 Å². The van der Waals surface area contributed by atoms with Gasteiger partial charge in [0.25, 0.3) is 0 Å². The Bertz CT molecular complexity index is 625. The Labute approximate surface area is 135 Å². The minimum atomic E-state index is -0.0374. The van der Waals surface area contributed by atoms with Gasteiger partial charge in [-0.3, -0.25) is 4.79 Å². The van der Waals surface area contributed by atoms with Crippen LogP contribution in [0.3, 0.4) is 0 Å². The summed E-state index contributed by atoms with van der Waals surface area (Å²) in [6.45, 7) is 0.559. The predicted octanol–water partition coefficient (Wildman–Crippen LogP) is 3.68. The highest BCUT2D eigenvalue weighted by molar-refractivity contribution is 5.90. The summed E-state index contributed by atoms with van der Waals surface area (Å²) in [7, 11) is 0. The van der Waals surface area contributed by atoms with Gasteiger partial charge in [-0.25, -0.2) is 0 Å². The molecule has 2 aromatic carbocycles.